The number of benzene rings is 2. The summed E-state index contributed by atoms with van der Waals surface area (Å²) in [6, 6.07) is 8.96. The fourth-order valence-corrected chi connectivity index (χ4v) is 2.32. The van der Waals surface area contributed by atoms with Crippen molar-refractivity contribution in [3.63, 3.8) is 0 Å². The third-order valence-electron chi connectivity index (χ3n) is 3.43. The van der Waals surface area contributed by atoms with Gasteiger partial charge in [-0.25, -0.2) is 8.78 Å². The van der Waals surface area contributed by atoms with Gasteiger partial charge < -0.3 is 4.74 Å². The molecule has 0 fully saturated rings. The topological polar surface area (TPSA) is 47.3 Å². The Morgan fingerprint density at radius 2 is 1.86 bits per heavy atom. The quantitative estimate of drug-likeness (QED) is 0.658. The summed E-state index contributed by atoms with van der Waals surface area (Å²) in [5.41, 5.74) is 4.39. The molecule has 0 radical (unpaired) electrons. The van der Waals surface area contributed by atoms with E-state index in [0.29, 0.717) is 5.75 Å². The fraction of sp³-hybridized carbons (Fsp3) is 0.250. The number of hydrazine groups is 1. The zero-order chi connectivity index (χ0) is 15.4. The van der Waals surface area contributed by atoms with Crippen LogP contribution in [0.1, 0.15) is 22.7 Å². The van der Waals surface area contributed by atoms with E-state index in [0.717, 1.165) is 11.1 Å². The molecule has 0 aromatic heterocycles. The van der Waals surface area contributed by atoms with Crippen molar-refractivity contribution in [2.24, 2.45) is 5.84 Å². The molecule has 3 nitrogen and oxygen atoms in total. The molecule has 2 rings (SSSR count). The van der Waals surface area contributed by atoms with Gasteiger partial charge in [0.2, 0.25) is 0 Å². The van der Waals surface area contributed by atoms with Crippen molar-refractivity contribution in [3.05, 3.63) is 64.7 Å². The molecule has 0 spiro atoms. The van der Waals surface area contributed by atoms with Crippen LogP contribution in [-0.4, -0.2) is 7.11 Å². The molecule has 5 heteroatoms. The Balaban J connectivity index is 2.39. The largest absolute Gasteiger partial charge is 0.496 e. The number of hydrogen-bond acceptors (Lipinski definition) is 3. The van der Waals surface area contributed by atoms with Gasteiger partial charge in [-0.05, 0) is 31.5 Å². The minimum atomic E-state index is -0.582. The Hall–Kier alpha value is -1.98. The molecule has 0 amide bonds. The Morgan fingerprint density at radius 1 is 1.19 bits per heavy atom. The maximum Gasteiger partial charge on any atom is 0.129 e. The predicted octanol–water partition coefficient (Wildman–Crippen LogP) is 3.03. The van der Waals surface area contributed by atoms with Crippen molar-refractivity contribution in [3.8, 4) is 5.75 Å². The van der Waals surface area contributed by atoms with E-state index >= 15 is 0 Å². The number of nitrogens with one attached hydrogen (secondary N) is 1. The predicted molar refractivity (Wildman–Crippen MR) is 77.9 cm³/mol. The van der Waals surface area contributed by atoms with Gasteiger partial charge in [0.05, 0.1) is 13.2 Å². The molecule has 0 aliphatic heterocycles. The highest BCUT2D eigenvalue weighted by Gasteiger charge is 2.19. The zero-order valence-electron chi connectivity index (χ0n) is 12.0. The summed E-state index contributed by atoms with van der Waals surface area (Å²) in [6.07, 6.45) is 0.0921. The molecule has 0 heterocycles. The first-order chi connectivity index (χ1) is 10.1. The lowest BCUT2D eigenvalue weighted by Gasteiger charge is -2.20. The first-order valence-corrected chi connectivity index (χ1v) is 6.60. The molecule has 2 aromatic carbocycles. The highest BCUT2D eigenvalue weighted by atomic mass is 19.1. The molecule has 1 unspecified atom stereocenters. The zero-order valence-corrected chi connectivity index (χ0v) is 12.0. The molecular weight excluding hydrogens is 274 g/mol. The number of hydrogen-bond donors (Lipinski definition) is 2. The summed E-state index contributed by atoms with van der Waals surface area (Å²) in [5.74, 6) is 5.04. The van der Waals surface area contributed by atoms with Crippen LogP contribution < -0.4 is 16.0 Å². The summed E-state index contributed by atoms with van der Waals surface area (Å²) < 4.78 is 32.9. The molecule has 112 valence electrons. The summed E-state index contributed by atoms with van der Waals surface area (Å²) in [6.45, 7) is 1.93. The third kappa shape index (κ3) is 3.37. The lowest BCUT2D eigenvalue weighted by atomic mass is 9.96. The van der Waals surface area contributed by atoms with Crippen LogP contribution in [0.3, 0.4) is 0 Å². The standard InChI is InChI=1S/C16H18F2N2O/c1-10-6-7-16(21-2)12(8-10)15(20-19)9-11-13(17)4-3-5-14(11)18/h3-8,15,20H,9,19H2,1-2H3. The summed E-state index contributed by atoms with van der Waals surface area (Å²) in [4.78, 5) is 0. The van der Waals surface area contributed by atoms with E-state index < -0.39 is 17.7 Å². The van der Waals surface area contributed by atoms with Crippen LogP contribution in [0, 0.1) is 18.6 Å². The van der Waals surface area contributed by atoms with Gasteiger partial charge in [-0.3, -0.25) is 11.3 Å². The normalized spacial score (nSPS) is 12.2. The minimum Gasteiger partial charge on any atom is -0.496 e. The van der Waals surface area contributed by atoms with Crippen LogP contribution >= 0.6 is 0 Å². The molecule has 1 atom stereocenters. The van der Waals surface area contributed by atoms with E-state index in [4.69, 9.17) is 10.6 Å². The summed E-state index contributed by atoms with van der Waals surface area (Å²) in [7, 11) is 1.55. The smallest absolute Gasteiger partial charge is 0.129 e. The molecule has 0 bridgehead atoms. The average Bonchev–Trinajstić information content (AvgIpc) is 2.47. The van der Waals surface area contributed by atoms with Crippen LogP contribution in [0.25, 0.3) is 0 Å². The van der Waals surface area contributed by atoms with Gasteiger partial charge in [0.15, 0.2) is 0 Å². The Labute approximate surface area is 122 Å². The second-order valence-corrected chi connectivity index (χ2v) is 4.87. The van der Waals surface area contributed by atoms with E-state index in [-0.39, 0.29) is 12.0 Å². The molecule has 0 saturated heterocycles. The van der Waals surface area contributed by atoms with Gasteiger partial charge in [-0.2, -0.15) is 0 Å². The van der Waals surface area contributed by atoms with E-state index in [2.05, 4.69) is 5.43 Å². The van der Waals surface area contributed by atoms with Gasteiger partial charge in [-0.1, -0.05) is 23.8 Å². The van der Waals surface area contributed by atoms with Crippen molar-refractivity contribution in [2.75, 3.05) is 7.11 Å². The van der Waals surface area contributed by atoms with Crippen molar-refractivity contribution < 1.29 is 13.5 Å². The lowest BCUT2D eigenvalue weighted by Crippen LogP contribution is -2.30. The molecule has 3 N–H and O–H groups in total. The van der Waals surface area contributed by atoms with Gasteiger partial charge in [0, 0.05) is 11.1 Å². The van der Waals surface area contributed by atoms with Crippen molar-refractivity contribution in [2.45, 2.75) is 19.4 Å². The Morgan fingerprint density at radius 3 is 2.43 bits per heavy atom. The molecular formula is C16H18F2N2O. The minimum absolute atomic E-state index is 0.00371. The highest BCUT2D eigenvalue weighted by Crippen LogP contribution is 2.29. The van der Waals surface area contributed by atoms with Crippen molar-refractivity contribution in [1.29, 1.82) is 0 Å². The monoisotopic (exact) mass is 292 g/mol. The van der Waals surface area contributed by atoms with Gasteiger partial charge in [-0.15, -0.1) is 0 Å². The van der Waals surface area contributed by atoms with E-state index in [1.165, 1.54) is 18.2 Å². The second kappa shape index (κ2) is 6.65. The first kappa shape index (κ1) is 15.4. The Kier molecular flexibility index (Phi) is 4.88. The maximum atomic E-state index is 13.8. The fourth-order valence-electron chi connectivity index (χ4n) is 2.32. The Bertz CT molecular complexity index is 611. The van der Waals surface area contributed by atoms with Crippen LogP contribution in [0.5, 0.6) is 5.75 Å². The lowest BCUT2D eigenvalue weighted by molar-refractivity contribution is 0.397. The van der Waals surface area contributed by atoms with Gasteiger partial charge in [0.25, 0.3) is 0 Å². The number of methoxy groups -OCH3 is 1. The third-order valence-corrected chi connectivity index (χ3v) is 3.43. The van der Waals surface area contributed by atoms with Gasteiger partial charge >= 0.3 is 0 Å². The van der Waals surface area contributed by atoms with Crippen LogP contribution in [0.4, 0.5) is 8.78 Å². The number of rotatable bonds is 5. The molecule has 0 saturated carbocycles. The van der Waals surface area contributed by atoms with Crippen LogP contribution in [-0.2, 0) is 6.42 Å². The maximum absolute atomic E-state index is 13.8. The molecule has 21 heavy (non-hydrogen) atoms. The van der Waals surface area contributed by atoms with Gasteiger partial charge in [0.1, 0.15) is 17.4 Å². The average molecular weight is 292 g/mol. The number of aryl methyl sites for hydroxylation is 1. The summed E-state index contributed by atoms with van der Waals surface area (Å²) in [5, 5.41) is 0. The molecule has 2 aromatic rings. The first-order valence-electron chi connectivity index (χ1n) is 6.60. The molecule has 0 aliphatic rings. The van der Waals surface area contributed by atoms with E-state index in [1.54, 1.807) is 7.11 Å². The highest BCUT2D eigenvalue weighted by molar-refractivity contribution is 5.40. The second-order valence-electron chi connectivity index (χ2n) is 4.87. The number of ether oxygens (including phenoxy) is 1. The SMILES string of the molecule is COc1ccc(C)cc1C(Cc1c(F)cccc1F)NN. The molecule has 0 aliphatic carbocycles. The van der Waals surface area contributed by atoms with Crippen LogP contribution in [0.2, 0.25) is 0 Å². The number of nitrogens with two attached hydrogens (primary N) is 1. The number of halogens is 2. The van der Waals surface area contributed by atoms with Crippen molar-refractivity contribution in [1.82, 2.24) is 5.43 Å². The van der Waals surface area contributed by atoms with E-state index in [9.17, 15) is 8.78 Å². The van der Waals surface area contributed by atoms with E-state index in [1.807, 2.05) is 25.1 Å². The van der Waals surface area contributed by atoms with Crippen molar-refractivity contribution >= 4 is 0 Å². The van der Waals surface area contributed by atoms with Crippen LogP contribution in [0.15, 0.2) is 36.4 Å². The summed E-state index contributed by atoms with van der Waals surface area (Å²) >= 11 is 0.